The zero-order chi connectivity index (χ0) is 10.7. The lowest BCUT2D eigenvalue weighted by Gasteiger charge is -2.07. The summed E-state index contributed by atoms with van der Waals surface area (Å²) in [7, 11) is 0. The van der Waals surface area contributed by atoms with Crippen LogP contribution in [0.5, 0.6) is 17.4 Å². The summed E-state index contributed by atoms with van der Waals surface area (Å²) in [6.07, 6.45) is 4.64. The van der Waals surface area contributed by atoms with Crippen LogP contribution in [0.4, 0.5) is 0 Å². The second-order valence-corrected chi connectivity index (χ2v) is 3.05. The third kappa shape index (κ3) is 2.04. The van der Waals surface area contributed by atoms with E-state index >= 15 is 0 Å². The summed E-state index contributed by atoms with van der Waals surface area (Å²) in [6, 6.07) is 5.09. The zero-order valence-electron chi connectivity index (χ0n) is 8.21. The molecular formula is C11H10N2O2. The largest absolute Gasteiger partial charge is 0.508 e. The van der Waals surface area contributed by atoms with Crippen molar-refractivity contribution in [2.45, 2.75) is 6.92 Å². The quantitative estimate of drug-likeness (QED) is 0.811. The van der Waals surface area contributed by atoms with Crippen LogP contribution in [0.3, 0.4) is 0 Å². The molecule has 4 heteroatoms. The van der Waals surface area contributed by atoms with Gasteiger partial charge in [-0.15, -0.1) is 0 Å². The Balaban J connectivity index is 2.29. The molecule has 1 aromatic heterocycles. The van der Waals surface area contributed by atoms with Crippen molar-refractivity contribution in [2.75, 3.05) is 0 Å². The number of aromatic nitrogens is 2. The summed E-state index contributed by atoms with van der Waals surface area (Å²) in [5, 5.41) is 9.46. The molecule has 2 aromatic rings. The van der Waals surface area contributed by atoms with Crippen molar-refractivity contribution in [1.29, 1.82) is 0 Å². The Morgan fingerprint density at radius 1 is 1.27 bits per heavy atom. The van der Waals surface area contributed by atoms with E-state index in [2.05, 4.69) is 9.97 Å². The van der Waals surface area contributed by atoms with Crippen LogP contribution in [0.25, 0.3) is 0 Å². The molecule has 0 fully saturated rings. The molecule has 1 N–H and O–H groups in total. The van der Waals surface area contributed by atoms with E-state index in [0.29, 0.717) is 17.2 Å². The van der Waals surface area contributed by atoms with Gasteiger partial charge in [0, 0.05) is 18.0 Å². The first-order chi connectivity index (χ1) is 7.27. The maximum atomic E-state index is 9.46. The van der Waals surface area contributed by atoms with Gasteiger partial charge in [-0.1, -0.05) is 6.07 Å². The van der Waals surface area contributed by atoms with Gasteiger partial charge in [0.1, 0.15) is 11.5 Å². The predicted molar refractivity (Wildman–Crippen MR) is 54.9 cm³/mol. The number of hydrogen-bond donors (Lipinski definition) is 1. The molecule has 76 valence electrons. The van der Waals surface area contributed by atoms with E-state index in [1.165, 1.54) is 6.20 Å². The van der Waals surface area contributed by atoms with Crippen molar-refractivity contribution < 1.29 is 9.84 Å². The predicted octanol–water partition coefficient (Wildman–Crippen LogP) is 2.28. The molecule has 1 aromatic carbocycles. The van der Waals surface area contributed by atoms with Crippen molar-refractivity contribution in [2.24, 2.45) is 0 Å². The molecule has 0 spiro atoms. The number of phenols is 1. The molecule has 15 heavy (non-hydrogen) atoms. The van der Waals surface area contributed by atoms with E-state index in [0.717, 1.165) is 0 Å². The van der Waals surface area contributed by atoms with Crippen LogP contribution < -0.4 is 4.74 Å². The minimum atomic E-state index is 0.205. The van der Waals surface area contributed by atoms with Gasteiger partial charge in [0.05, 0.1) is 6.20 Å². The Morgan fingerprint density at radius 3 is 2.87 bits per heavy atom. The summed E-state index contributed by atoms with van der Waals surface area (Å²) in [6.45, 7) is 1.78. The Morgan fingerprint density at radius 2 is 2.13 bits per heavy atom. The highest BCUT2D eigenvalue weighted by Gasteiger charge is 2.05. The van der Waals surface area contributed by atoms with Crippen LogP contribution in [0.1, 0.15) is 5.56 Å². The molecule has 0 atom stereocenters. The lowest BCUT2D eigenvalue weighted by Crippen LogP contribution is -1.90. The number of rotatable bonds is 2. The van der Waals surface area contributed by atoms with Gasteiger partial charge < -0.3 is 9.84 Å². The van der Waals surface area contributed by atoms with Gasteiger partial charge in [-0.3, -0.25) is 4.98 Å². The maximum absolute atomic E-state index is 9.46. The summed E-state index contributed by atoms with van der Waals surface area (Å²) in [5.74, 6) is 1.19. The lowest BCUT2D eigenvalue weighted by molar-refractivity contribution is 0.437. The van der Waals surface area contributed by atoms with E-state index in [-0.39, 0.29) is 5.75 Å². The number of hydrogen-bond acceptors (Lipinski definition) is 4. The topological polar surface area (TPSA) is 55.2 Å². The van der Waals surface area contributed by atoms with Gasteiger partial charge in [0.15, 0.2) is 0 Å². The number of phenolic OH excluding ortho intramolecular Hbond substituents is 1. The fraction of sp³-hybridized carbons (Fsp3) is 0.0909. The van der Waals surface area contributed by atoms with Crippen LogP contribution >= 0.6 is 0 Å². The van der Waals surface area contributed by atoms with Crippen molar-refractivity contribution in [3.8, 4) is 17.4 Å². The van der Waals surface area contributed by atoms with Crippen LogP contribution in [-0.4, -0.2) is 15.1 Å². The zero-order valence-corrected chi connectivity index (χ0v) is 8.21. The number of benzene rings is 1. The van der Waals surface area contributed by atoms with Crippen LogP contribution in [-0.2, 0) is 0 Å². The molecule has 4 nitrogen and oxygen atoms in total. The summed E-state index contributed by atoms with van der Waals surface area (Å²) >= 11 is 0. The van der Waals surface area contributed by atoms with E-state index in [4.69, 9.17) is 4.74 Å². The van der Waals surface area contributed by atoms with E-state index < -0.39 is 0 Å². The lowest BCUT2D eigenvalue weighted by atomic mass is 10.2. The highest BCUT2D eigenvalue weighted by Crippen LogP contribution is 2.28. The van der Waals surface area contributed by atoms with E-state index in [1.807, 2.05) is 0 Å². The van der Waals surface area contributed by atoms with Crippen LogP contribution in [0.15, 0.2) is 36.8 Å². The second kappa shape index (κ2) is 3.96. The first-order valence-electron chi connectivity index (χ1n) is 4.50. The van der Waals surface area contributed by atoms with Gasteiger partial charge in [-0.2, -0.15) is 0 Å². The Hall–Kier alpha value is -2.10. The molecular weight excluding hydrogens is 192 g/mol. The van der Waals surface area contributed by atoms with E-state index in [1.54, 1.807) is 37.5 Å². The molecule has 1 heterocycles. The molecule has 0 aliphatic heterocycles. The highest BCUT2D eigenvalue weighted by atomic mass is 16.5. The third-order valence-corrected chi connectivity index (χ3v) is 2.01. The number of ether oxygens (including phenoxy) is 1. The molecule has 0 bridgehead atoms. The SMILES string of the molecule is Cc1c(O)cccc1Oc1cnccn1. The summed E-state index contributed by atoms with van der Waals surface area (Å²) < 4.78 is 5.46. The van der Waals surface area contributed by atoms with Crippen molar-refractivity contribution in [3.05, 3.63) is 42.4 Å². The monoisotopic (exact) mass is 202 g/mol. The molecule has 0 saturated heterocycles. The van der Waals surface area contributed by atoms with Gasteiger partial charge in [-0.05, 0) is 19.1 Å². The molecule has 0 amide bonds. The molecule has 0 aliphatic rings. The normalized spacial score (nSPS) is 9.93. The first kappa shape index (κ1) is 9.45. The standard InChI is InChI=1S/C11H10N2O2/c1-8-9(14)3-2-4-10(8)15-11-7-12-5-6-13-11/h2-7,14H,1H3. The Bertz CT molecular complexity index is 457. The van der Waals surface area contributed by atoms with Crippen molar-refractivity contribution in [3.63, 3.8) is 0 Å². The van der Waals surface area contributed by atoms with Gasteiger partial charge in [-0.25, -0.2) is 4.98 Å². The van der Waals surface area contributed by atoms with Crippen LogP contribution in [0.2, 0.25) is 0 Å². The fourth-order valence-corrected chi connectivity index (χ4v) is 1.16. The van der Waals surface area contributed by atoms with Gasteiger partial charge in [0.2, 0.25) is 5.88 Å². The second-order valence-electron chi connectivity index (χ2n) is 3.05. The number of aromatic hydroxyl groups is 1. The third-order valence-electron chi connectivity index (χ3n) is 2.01. The average Bonchev–Trinajstić information content (AvgIpc) is 2.26. The minimum Gasteiger partial charge on any atom is -0.508 e. The van der Waals surface area contributed by atoms with Crippen molar-refractivity contribution in [1.82, 2.24) is 9.97 Å². The molecule has 0 radical (unpaired) electrons. The Labute approximate surface area is 87.2 Å². The van der Waals surface area contributed by atoms with Gasteiger partial charge in [0.25, 0.3) is 0 Å². The maximum Gasteiger partial charge on any atom is 0.237 e. The smallest absolute Gasteiger partial charge is 0.237 e. The molecule has 0 aliphatic carbocycles. The Kier molecular flexibility index (Phi) is 2.49. The van der Waals surface area contributed by atoms with Crippen molar-refractivity contribution >= 4 is 0 Å². The molecule has 0 unspecified atom stereocenters. The summed E-state index contributed by atoms with van der Waals surface area (Å²) in [4.78, 5) is 7.86. The summed E-state index contributed by atoms with van der Waals surface area (Å²) in [5.41, 5.74) is 0.683. The molecule has 0 saturated carbocycles. The van der Waals surface area contributed by atoms with Gasteiger partial charge >= 0.3 is 0 Å². The number of nitrogens with zero attached hydrogens (tertiary/aromatic N) is 2. The van der Waals surface area contributed by atoms with E-state index in [9.17, 15) is 5.11 Å². The average molecular weight is 202 g/mol. The minimum absolute atomic E-state index is 0.205. The fourth-order valence-electron chi connectivity index (χ4n) is 1.16. The highest BCUT2D eigenvalue weighted by molar-refractivity contribution is 5.43. The molecule has 2 rings (SSSR count). The first-order valence-corrected chi connectivity index (χ1v) is 4.50. The van der Waals surface area contributed by atoms with Crippen LogP contribution in [0, 0.1) is 6.92 Å².